The number of hydrogen-bond donors (Lipinski definition) is 1. The highest BCUT2D eigenvalue weighted by molar-refractivity contribution is 8.93. The number of imidazole rings is 1. The molecule has 0 saturated carbocycles. The minimum absolute atomic E-state index is 0. The molecular formula is C27H30BrN3O3. The van der Waals surface area contributed by atoms with Gasteiger partial charge in [-0.15, -0.1) is 17.0 Å². The molecule has 0 aliphatic carbocycles. The molecule has 6 nitrogen and oxygen atoms in total. The van der Waals surface area contributed by atoms with E-state index in [1.807, 2.05) is 79.9 Å². The maximum atomic E-state index is 13.7. The number of nitrogens with one attached hydrogen (secondary N) is 1. The summed E-state index contributed by atoms with van der Waals surface area (Å²) in [7, 11) is 3.20. The lowest BCUT2D eigenvalue weighted by Crippen LogP contribution is -2.28. The van der Waals surface area contributed by atoms with E-state index in [0.29, 0.717) is 23.6 Å². The fourth-order valence-corrected chi connectivity index (χ4v) is 4.59. The van der Waals surface area contributed by atoms with E-state index < -0.39 is 0 Å². The summed E-state index contributed by atoms with van der Waals surface area (Å²) in [4.78, 5) is 13.7. The van der Waals surface area contributed by atoms with Crippen LogP contribution < -0.4 is 15.1 Å². The van der Waals surface area contributed by atoms with Crippen LogP contribution in [0.4, 0.5) is 0 Å². The van der Waals surface area contributed by atoms with Gasteiger partial charge in [-0.2, -0.15) is 0 Å². The van der Waals surface area contributed by atoms with Gasteiger partial charge in [0, 0.05) is 5.56 Å². The molecule has 0 unspecified atom stereocenters. The molecule has 0 saturated heterocycles. The lowest BCUT2D eigenvalue weighted by atomic mass is 9.94. The Bertz CT molecular complexity index is 1400. The van der Waals surface area contributed by atoms with Gasteiger partial charge in [-0.1, -0.05) is 42.5 Å². The summed E-state index contributed by atoms with van der Waals surface area (Å²) in [5, 5.41) is 8.90. The van der Waals surface area contributed by atoms with Crippen molar-refractivity contribution in [1.29, 1.82) is 5.41 Å². The normalized spacial score (nSPS) is 10.7. The summed E-state index contributed by atoms with van der Waals surface area (Å²) in [5.41, 5.74) is 6.23. The Hall–Kier alpha value is -3.32. The van der Waals surface area contributed by atoms with Crippen molar-refractivity contribution < 1.29 is 14.3 Å². The smallest absolute Gasteiger partial charge is 0.203 e. The number of rotatable bonds is 7. The van der Waals surface area contributed by atoms with Gasteiger partial charge in [-0.05, 0) is 49.6 Å². The second kappa shape index (κ2) is 10.3. The maximum Gasteiger partial charge on any atom is 0.203 e. The quantitative estimate of drug-likeness (QED) is 0.331. The van der Waals surface area contributed by atoms with Gasteiger partial charge in [0.25, 0.3) is 0 Å². The molecule has 0 bridgehead atoms. The van der Waals surface area contributed by atoms with Crippen molar-refractivity contribution in [3.8, 4) is 11.5 Å². The van der Waals surface area contributed by atoms with Gasteiger partial charge in [0.05, 0.1) is 43.9 Å². The highest BCUT2D eigenvalue weighted by Gasteiger charge is 2.25. The lowest BCUT2D eigenvalue weighted by Gasteiger charge is -2.20. The van der Waals surface area contributed by atoms with Crippen molar-refractivity contribution >= 4 is 33.8 Å². The van der Waals surface area contributed by atoms with Crippen molar-refractivity contribution in [2.75, 3.05) is 14.2 Å². The van der Waals surface area contributed by atoms with Crippen molar-refractivity contribution in [2.24, 2.45) is 0 Å². The van der Waals surface area contributed by atoms with E-state index >= 15 is 0 Å². The Morgan fingerprint density at radius 2 is 1.32 bits per heavy atom. The number of aromatic nitrogens is 2. The molecule has 0 spiro atoms. The largest absolute Gasteiger partial charge is 0.496 e. The third kappa shape index (κ3) is 4.28. The fraction of sp³-hybridized carbons (Fsp3) is 0.259. The van der Waals surface area contributed by atoms with Crippen LogP contribution >= 0.6 is 17.0 Å². The number of carbonyl (C=O) groups excluding carboxylic acids is 1. The molecule has 3 aromatic carbocycles. The first-order chi connectivity index (χ1) is 15.9. The fourth-order valence-electron chi connectivity index (χ4n) is 4.59. The Labute approximate surface area is 210 Å². The van der Waals surface area contributed by atoms with E-state index in [2.05, 4.69) is 0 Å². The van der Waals surface area contributed by atoms with E-state index in [1.165, 1.54) is 0 Å². The van der Waals surface area contributed by atoms with Gasteiger partial charge in [0.15, 0.2) is 5.78 Å². The number of hydrogen-bond acceptors (Lipinski definition) is 4. The number of nitrogens with zero attached hydrogens (tertiary/aromatic N) is 2. The number of para-hydroxylation sites is 2. The highest BCUT2D eigenvalue weighted by atomic mass is 79.9. The van der Waals surface area contributed by atoms with Gasteiger partial charge >= 0.3 is 0 Å². The number of Topliss-reactive ketones (excluding diaryl/α,β-unsaturated/α-hetero) is 1. The van der Waals surface area contributed by atoms with Crippen molar-refractivity contribution in [2.45, 2.75) is 33.9 Å². The second-order valence-corrected chi connectivity index (χ2v) is 8.21. The number of ketones is 1. The monoisotopic (exact) mass is 523 g/mol. The van der Waals surface area contributed by atoms with Crippen LogP contribution in [0.1, 0.15) is 32.6 Å². The SMILES string of the molecule is Br.COc1c(C)c(C)c(OC)c(C(=O)Cn2c(=N)n(Cc3ccccc3)c3ccccc32)c1C. The second-order valence-electron chi connectivity index (χ2n) is 8.21. The number of ether oxygens (including phenoxy) is 2. The molecule has 0 aliphatic heterocycles. The van der Waals surface area contributed by atoms with E-state index in [1.54, 1.807) is 18.8 Å². The third-order valence-electron chi connectivity index (χ3n) is 6.33. The summed E-state index contributed by atoms with van der Waals surface area (Å²) >= 11 is 0. The van der Waals surface area contributed by atoms with Crippen LogP contribution in [0.25, 0.3) is 11.0 Å². The molecule has 0 aliphatic rings. The molecule has 34 heavy (non-hydrogen) atoms. The van der Waals surface area contributed by atoms with Crippen LogP contribution in [0.5, 0.6) is 11.5 Å². The molecule has 1 aromatic heterocycles. The van der Waals surface area contributed by atoms with E-state index in [0.717, 1.165) is 33.3 Å². The maximum absolute atomic E-state index is 13.7. The molecule has 178 valence electrons. The van der Waals surface area contributed by atoms with Crippen molar-refractivity contribution in [3.63, 3.8) is 0 Å². The van der Waals surface area contributed by atoms with E-state index in [-0.39, 0.29) is 34.9 Å². The van der Waals surface area contributed by atoms with Crippen LogP contribution in [0.3, 0.4) is 0 Å². The molecule has 4 rings (SSSR count). The molecule has 1 N–H and O–H groups in total. The third-order valence-corrected chi connectivity index (χ3v) is 6.33. The molecule has 1 heterocycles. The number of benzene rings is 3. The number of carbonyl (C=O) groups is 1. The summed E-state index contributed by atoms with van der Waals surface area (Å²) < 4.78 is 15.0. The first-order valence-electron chi connectivity index (χ1n) is 10.9. The number of methoxy groups -OCH3 is 2. The highest BCUT2D eigenvalue weighted by Crippen LogP contribution is 2.38. The van der Waals surface area contributed by atoms with Crippen LogP contribution in [-0.2, 0) is 13.1 Å². The zero-order valence-electron chi connectivity index (χ0n) is 20.1. The Balaban J connectivity index is 0.00000324. The zero-order valence-corrected chi connectivity index (χ0v) is 21.9. The molecule has 4 aromatic rings. The summed E-state index contributed by atoms with van der Waals surface area (Å²) in [6, 6.07) is 17.9. The molecule has 0 amide bonds. The Morgan fingerprint density at radius 1 is 0.794 bits per heavy atom. The minimum Gasteiger partial charge on any atom is -0.496 e. The number of halogens is 1. The molecular weight excluding hydrogens is 494 g/mol. The predicted octanol–water partition coefficient (Wildman–Crippen LogP) is 5.37. The molecule has 0 atom stereocenters. The summed E-state index contributed by atoms with van der Waals surface area (Å²) in [5.74, 6) is 1.14. The Morgan fingerprint density at radius 3 is 1.91 bits per heavy atom. The van der Waals surface area contributed by atoms with Gasteiger partial charge in [-0.3, -0.25) is 10.2 Å². The molecule has 0 radical (unpaired) electrons. The van der Waals surface area contributed by atoms with Crippen LogP contribution in [0.2, 0.25) is 0 Å². The predicted molar refractivity (Wildman–Crippen MR) is 140 cm³/mol. The van der Waals surface area contributed by atoms with E-state index in [4.69, 9.17) is 14.9 Å². The van der Waals surface area contributed by atoms with E-state index in [9.17, 15) is 4.79 Å². The first kappa shape index (κ1) is 25.3. The number of fused-ring (bicyclic) bond motifs is 1. The van der Waals surface area contributed by atoms with Crippen molar-refractivity contribution in [1.82, 2.24) is 9.13 Å². The van der Waals surface area contributed by atoms with Gasteiger partial charge in [-0.25, -0.2) is 0 Å². The first-order valence-corrected chi connectivity index (χ1v) is 10.9. The van der Waals surface area contributed by atoms with Gasteiger partial charge in [0.2, 0.25) is 5.62 Å². The summed E-state index contributed by atoms with van der Waals surface area (Å²) in [6.07, 6.45) is 0. The standard InChI is InChI=1S/C27H29N3O3.BrH/c1-17-18(2)26(33-5)24(19(3)25(17)32-4)23(31)16-30-22-14-10-9-13-21(22)29(27(30)28)15-20-11-7-6-8-12-20;/h6-14,28H,15-16H2,1-5H3;1H. The summed E-state index contributed by atoms with van der Waals surface area (Å²) in [6.45, 7) is 6.37. The topological polar surface area (TPSA) is 69.2 Å². The lowest BCUT2D eigenvalue weighted by molar-refractivity contribution is 0.0967. The van der Waals surface area contributed by atoms with Crippen LogP contribution in [0.15, 0.2) is 54.6 Å². The molecule has 0 fully saturated rings. The Kier molecular flexibility index (Phi) is 7.67. The average Bonchev–Trinajstić information content (AvgIpc) is 3.08. The minimum atomic E-state index is -0.119. The van der Waals surface area contributed by atoms with Crippen LogP contribution in [-0.4, -0.2) is 29.1 Å². The zero-order chi connectivity index (χ0) is 23.7. The van der Waals surface area contributed by atoms with Crippen LogP contribution in [0, 0.1) is 26.2 Å². The van der Waals surface area contributed by atoms with Crippen molar-refractivity contribution in [3.05, 3.63) is 88.0 Å². The van der Waals surface area contributed by atoms with Gasteiger partial charge < -0.3 is 18.6 Å². The molecule has 7 heteroatoms. The average molecular weight is 524 g/mol. The van der Waals surface area contributed by atoms with Gasteiger partial charge in [0.1, 0.15) is 11.5 Å².